The second-order valence-corrected chi connectivity index (χ2v) is 7.55. The molecule has 2 unspecified atom stereocenters. The minimum Gasteiger partial charge on any atom is -0.396 e. The highest BCUT2D eigenvalue weighted by Gasteiger charge is 2.40. The van der Waals surface area contributed by atoms with E-state index in [1.165, 1.54) is 19.3 Å². The van der Waals surface area contributed by atoms with E-state index in [9.17, 15) is 4.21 Å². The quantitative estimate of drug-likeness (QED) is 0.910. The SMILES string of the molecule is Nc1cccnc1S(=O)C1CCOC2(CCCCC2)C1. The number of anilines is 1. The van der Waals surface area contributed by atoms with E-state index in [1.807, 2.05) is 0 Å². The molecule has 2 atom stereocenters. The van der Waals surface area contributed by atoms with Gasteiger partial charge in [-0.1, -0.05) is 19.3 Å². The second-order valence-electron chi connectivity index (χ2n) is 5.90. The maximum absolute atomic E-state index is 12.8. The van der Waals surface area contributed by atoms with Crippen LogP contribution in [0.3, 0.4) is 0 Å². The molecule has 3 rings (SSSR count). The Morgan fingerprint density at radius 1 is 1.35 bits per heavy atom. The molecule has 5 heteroatoms. The lowest BCUT2D eigenvalue weighted by Crippen LogP contribution is -2.44. The molecule has 1 aromatic heterocycles. The lowest BCUT2D eigenvalue weighted by Gasteiger charge is -2.43. The minimum absolute atomic E-state index is 0.0274. The molecule has 2 heterocycles. The van der Waals surface area contributed by atoms with Gasteiger partial charge in [-0.3, -0.25) is 4.21 Å². The third kappa shape index (κ3) is 2.74. The van der Waals surface area contributed by atoms with Crippen LogP contribution in [0.1, 0.15) is 44.9 Å². The van der Waals surface area contributed by atoms with Gasteiger partial charge in [0.15, 0.2) is 0 Å². The highest BCUT2D eigenvalue weighted by atomic mass is 32.2. The molecule has 20 heavy (non-hydrogen) atoms. The first-order valence-electron chi connectivity index (χ1n) is 7.45. The third-order valence-electron chi connectivity index (χ3n) is 4.51. The Morgan fingerprint density at radius 2 is 2.15 bits per heavy atom. The minimum atomic E-state index is -1.13. The van der Waals surface area contributed by atoms with E-state index < -0.39 is 10.8 Å². The van der Waals surface area contributed by atoms with Crippen molar-refractivity contribution in [3.8, 4) is 0 Å². The van der Waals surface area contributed by atoms with Crippen LogP contribution in [0.2, 0.25) is 0 Å². The Labute approximate surface area is 122 Å². The van der Waals surface area contributed by atoms with Gasteiger partial charge in [-0.05, 0) is 37.8 Å². The summed E-state index contributed by atoms with van der Waals surface area (Å²) in [6, 6.07) is 3.55. The monoisotopic (exact) mass is 294 g/mol. The molecule has 2 N–H and O–H groups in total. The van der Waals surface area contributed by atoms with Crippen LogP contribution in [-0.2, 0) is 15.5 Å². The Kier molecular flexibility index (Phi) is 4.08. The van der Waals surface area contributed by atoms with Gasteiger partial charge in [0.1, 0.15) is 5.03 Å². The number of nitrogens with two attached hydrogens (primary N) is 1. The van der Waals surface area contributed by atoms with Crippen LogP contribution < -0.4 is 5.73 Å². The van der Waals surface area contributed by atoms with Crippen LogP contribution in [0.15, 0.2) is 23.4 Å². The highest BCUT2D eigenvalue weighted by Crippen LogP contribution is 2.40. The maximum Gasteiger partial charge on any atom is 0.150 e. The predicted octanol–water partition coefficient (Wildman–Crippen LogP) is 2.65. The molecule has 0 bridgehead atoms. The number of hydrogen-bond acceptors (Lipinski definition) is 4. The average molecular weight is 294 g/mol. The van der Waals surface area contributed by atoms with Crippen molar-refractivity contribution in [3.63, 3.8) is 0 Å². The number of pyridine rings is 1. The molecule has 1 spiro atoms. The van der Waals surface area contributed by atoms with Crippen molar-refractivity contribution in [2.24, 2.45) is 0 Å². The first-order valence-corrected chi connectivity index (χ1v) is 8.67. The first-order chi connectivity index (χ1) is 9.70. The summed E-state index contributed by atoms with van der Waals surface area (Å²) in [4.78, 5) is 4.22. The normalized spacial score (nSPS) is 27.3. The molecule has 1 saturated heterocycles. The standard InChI is InChI=1S/C15H22N2O2S/c16-13-5-4-9-17-14(13)20(18)12-6-10-19-15(11-12)7-2-1-3-8-15/h4-5,9,12H,1-3,6-8,10-11,16H2. The molecular formula is C15H22N2O2S. The van der Waals surface area contributed by atoms with Gasteiger partial charge >= 0.3 is 0 Å². The number of nitrogens with zero attached hydrogens (tertiary/aromatic N) is 1. The molecule has 1 aromatic rings. The lowest BCUT2D eigenvalue weighted by atomic mass is 9.80. The molecule has 1 aliphatic heterocycles. The van der Waals surface area contributed by atoms with Crippen molar-refractivity contribution in [2.75, 3.05) is 12.3 Å². The fourth-order valence-corrected chi connectivity index (χ4v) is 4.99. The molecule has 2 fully saturated rings. The van der Waals surface area contributed by atoms with E-state index in [0.717, 1.165) is 25.7 Å². The van der Waals surface area contributed by atoms with E-state index in [1.54, 1.807) is 18.3 Å². The average Bonchev–Trinajstić information content (AvgIpc) is 2.48. The van der Waals surface area contributed by atoms with Crippen molar-refractivity contribution in [2.45, 2.75) is 60.8 Å². The van der Waals surface area contributed by atoms with Crippen LogP contribution >= 0.6 is 0 Å². The summed E-state index contributed by atoms with van der Waals surface area (Å²) in [5.74, 6) is 0. The number of aromatic nitrogens is 1. The van der Waals surface area contributed by atoms with E-state index in [2.05, 4.69) is 4.98 Å². The van der Waals surface area contributed by atoms with Gasteiger partial charge in [-0.15, -0.1) is 0 Å². The predicted molar refractivity (Wildman–Crippen MR) is 79.8 cm³/mol. The summed E-state index contributed by atoms with van der Waals surface area (Å²) >= 11 is 0. The molecule has 0 amide bonds. The zero-order valence-corrected chi connectivity index (χ0v) is 12.5. The van der Waals surface area contributed by atoms with Crippen molar-refractivity contribution in [1.29, 1.82) is 0 Å². The molecule has 110 valence electrons. The van der Waals surface area contributed by atoms with Gasteiger partial charge in [-0.25, -0.2) is 4.98 Å². The number of hydrogen-bond donors (Lipinski definition) is 1. The zero-order valence-electron chi connectivity index (χ0n) is 11.7. The van der Waals surface area contributed by atoms with Crippen LogP contribution in [-0.4, -0.2) is 26.7 Å². The summed E-state index contributed by atoms with van der Waals surface area (Å²) < 4.78 is 18.8. The summed E-state index contributed by atoms with van der Waals surface area (Å²) in [5, 5.41) is 0.671. The van der Waals surface area contributed by atoms with Crippen LogP contribution in [0.5, 0.6) is 0 Å². The summed E-state index contributed by atoms with van der Waals surface area (Å²) in [7, 11) is -1.13. The largest absolute Gasteiger partial charge is 0.396 e. The molecule has 1 aliphatic carbocycles. The molecule has 0 aromatic carbocycles. The van der Waals surface area contributed by atoms with Gasteiger partial charge in [0.25, 0.3) is 0 Å². The fraction of sp³-hybridized carbons (Fsp3) is 0.667. The van der Waals surface area contributed by atoms with Gasteiger partial charge in [-0.2, -0.15) is 0 Å². The smallest absolute Gasteiger partial charge is 0.150 e. The van der Waals surface area contributed by atoms with Crippen molar-refractivity contribution in [3.05, 3.63) is 18.3 Å². The molecule has 0 radical (unpaired) electrons. The van der Waals surface area contributed by atoms with Crippen molar-refractivity contribution < 1.29 is 8.95 Å². The summed E-state index contributed by atoms with van der Waals surface area (Å²) in [6.45, 7) is 0.711. The lowest BCUT2D eigenvalue weighted by molar-refractivity contribution is -0.0975. The molecular weight excluding hydrogens is 272 g/mol. The van der Waals surface area contributed by atoms with Crippen molar-refractivity contribution >= 4 is 16.5 Å². The molecule has 1 saturated carbocycles. The highest BCUT2D eigenvalue weighted by molar-refractivity contribution is 7.85. The van der Waals surface area contributed by atoms with Gasteiger partial charge in [0.2, 0.25) is 0 Å². The van der Waals surface area contributed by atoms with Gasteiger partial charge < -0.3 is 10.5 Å². The third-order valence-corrected chi connectivity index (χ3v) is 6.24. The summed E-state index contributed by atoms with van der Waals surface area (Å²) in [6.07, 6.45) is 9.36. The molecule has 2 aliphatic rings. The van der Waals surface area contributed by atoms with Gasteiger partial charge in [0.05, 0.1) is 22.1 Å². The fourth-order valence-electron chi connectivity index (χ4n) is 3.44. The second kappa shape index (κ2) is 5.82. The Morgan fingerprint density at radius 3 is 2.90 bits per heavy atom. The number of ether oxygens (including phenoxy) is 1. The maximum atomic E-state index is 12.8. The van der Waals surface area contributed by atoms with Gasteiger partial charge in [0, 0.05) is 18.1 Å². The van der Waals surface area contributed by atoms with E-state index >= 15 is 0 Å². The summed E-state index contributed by atoms with van der Waals surface area (Å²) in [5.41, 5.74) is 6.42. The Hall–Kier alpha value is -0.940. The first kappa shape index (κ1) is 14.0. The van der Waals surface area contributed by atoms with E-state index in [4.69, 9.17) is 10.5 Å². The van der Waals surface area contributed by atoms with Crippen LogP contribution in [0.25, 0.3) is 0 Å². The topological polar surface area (TPSA) is 65.2 Å². The zero-order chi connectivity index (χ0) is 14.0. The van der Waals surface area contributed by atoms with Crippen molar-refractivity contribution in [1.82, 2.24) is 4.98 Å². The number of nitrogen functional groups attached to an aromatic ring is 1. The van der Waals surface area contributed by atoms with Crippen LogP contribution in [0.4, 0.5) is 5.69 Å². The number of rotatable bonds is 2. The molecule has 4 nitrogen and oxygen atoms in total. The van der Waals surface area contributed by atoms with E-state index in [-0.39, 0.29) is 10.9 Å². The van der Waals surface area contributed by atoms with Crippen LogP contribution in [0, 0.1) is 0 Å². The Bertz CT molecular complexity index is 495. The Balaban J connectivity index is 1.77. The van der Waals surface area contributed by atoms with E-state index in [0.29, 0.717) is 17.3 Å².